The molecule has 3 fully saturated rings. The van der Waals surface area contributed by atoms with Crippen LogP contribution in [0.1, 0.15) is 19.3 Å². The van der Waals surface area contributed by atoms with Crippen LogP contribution in [0.3, 0.4) is 0 Å². The van der Waals surface area contributed by atoms with E-state index < -0.39 is 9.85 Å². The van der Waals surface area contributed by atoms with E-state index in [1.165, 1.54) is 18.6 Å². The van der Waals surface area contributed by atoms with Crippen LogP contribution in [0, 0.1) is 43.9 Å². The van der Waals surface area contributed by atoms with E-state index in [0.29, 0.717) is 11.8 Å². The van der Waals surface area contributed by atoms with Gasteiger partial charge < -0.3 is 4.74 Å². The van der Waals surface area contributed by atoms with Gasteiger partial charge in [0.2, 0.25) is 0 Å². The van der Waals surface area contributed by atoms with Crippen LogP contribution in [0.25, 0.3) is 0 Å². The number of hydrogen-bond donors (Lipinski definition) is 0. The Kier molecular flexibility index (Phi) is 2.49. The van der Waals surface area contributed by atoms with E-state index in [1.807, 2.05) is 0 Å². The van der Waals surface area contributed by atoms with E-state index in [0.717, 1.165) is 30.7 Å². The SMILES string of the molecule is O=[N+]([O-])c1ccc(O[C@H]2[C@H]3CC[C@@H]3[C@H]3C[C@@H]32)c([N+](=O)[O-])c1. The van der Waals surface area contributed by atoms with Crippen molar-refractivity contribution in [3.05, 3.63) is 38.4 Å². The fourth-order valence-electron chi connectivity index (χ4n) is 4.10. The van der Waals surface area contributed by atoms with Crippen LogP contribution in [-0.4, -0.2) is 16.0 Å². The van der Waals surface area contributed by atoms with Crippen molar-refractivity contribution in [3.8, 4) is 5.75 Å². The molecule has 0 unspecified atom stereocenters. The van der Waals surface area contributed by atoms with Crippen LogP contribution in [0.2, 0.25) is 0 Å². The van der Waals surface area contributed by atoms with Crippen LogP contribution in [-0.2, 0) is 0 Å². The average molecular weight is 290 g/mol. The molecular weight excluding hydrogens is 276 g/mol. The summed E-state index contributed by atoms with van der Waals surface area (Å²) < 4.78 is 5.93. The molecule has 0 bridgehead atoms. The molecule has 7 heteroatoms. The van der Waals surface area contributed by atoms with Gasteiger partial charge in [0.25, 0.3) is 5.69 Å². The van der Waals surface area contributed by atoms with Gasteiger partial charge in [-0.25, -0.2) is 0 Å². The smallest absolute Gasteiger partial charge is 0.317 e. The summed E-state index contributed by atoms with van der Waals surface area (Å²) in [7, 11) is 0. The topological polar surface area (TPSA) is 95.5 Å². The molecule has 0 radical (unpaired) electrons. The first-order valence-electron chi connectivity index (χ1n) is 7.16. The van der Waals surface area contributed by atoms with Crippen molar-refractivity contribution in [2.24, 2.45) is 23.7 Å². The van der Waals surface area contributed by atoms with Crippen molar-refractivity contribution >= 4 is 11.4 Å². The third-order valence-electron chi connectivity index (χ3n) is 5.28. The molecule has 5 atom stereocenters. The molecule has 0 heterocycles. The lowest BCUT2D eigenvalue weighted by molar-refractivity contribution is -0.394. The second-order valence-electron chi connectivity index (χ2n) is 6.22. The third-order valence-corrected chi connectivity index (χ3v) is 5.28. The molecule has 4 rings (SSSR count). The summed E-state index contributed by atoms with van der Waals surface area (Å²) in [5.41, 5.74) is -0.601. The van der Waals surface area contributed by atoms with E-state index in [9.17, 15) is 20.2 Å². The van der Waals surface area contributed by atoms with Crippen molar-refractivity contribution in [2.75, 3.05) is 0 Å². The number of hydrogen-bond acceptors (Lipinski definition) is 5. The summed E-state index contributed by atoms with van der Waals surface area (Å²) in [6.45, 7) is 0. The zero-order chi connectivity index (χ0) is 14.7. The highest BCUT2D eigenvalue weighted by Gasteiger charge is 2.64. The van der Waals surface area contributed by atoms with Crippen LogP contribution in [0.15, 0.2) is 18.2 Å². The second-order valence-corrected chi connectivity index (χ2v) is 6.22. The summed E-state index contributed by atoms with van der Waals surface area (Å²) in [5, 5.41) is 21.9. The Morgan fingerprint density at radius 2 is 1.76 bits per heavy atom. The minimum absolute atomic E-state index is 0.0499. The van der Waals surface area contributed by atoms with Gasteiger partial charge in [0.1, 0.15) is 6.10 Å². The van der Waals surface area contributed by atoms with Crippen LogP contribution < -0.4 is 4.74 Å². The van der Waals surface area contributed by atoms with Gasteiger partial charge in [0.15, 0.2) is 5.75 Å². The van der Waals surface area contributed by atoms with Crippen LogP contribution >= 0.6 is 0 Å². The number of nitro groups is 2. The zero-order valence-electron chi connectivity index (χ0n) is 11.2. The number of fused-ring (bicyclic) bond motifs is 3. The maximum absolute atomic E-state index is 11.1. The highest BCUT2D eigenvalue weighted by molar-refractivity contribution is 5.53. The monoisotopic (exact) mass is 290 g/mol. The Morgan fingerprint density at radius 1 is 1.00 bits per heavy atom. The van der Waals surface area contributed by atoms with Crippen molar-refractivity contribution in [1.29, 1.82) is 0 Å². The fourth-order valence-corrected chi connectivity index (χ4v) is 4.10. The van der Waals surface area contributed by atoms with Gasteiger partial charge in [0.05, 0.1) is 15.9 Å². The molecule has 0 N–H and O–H groups in total. The van der Waals surface area contributed by atoms with E-state index in [2.05, 4.69) is 0 Å². The Morgan fingerprint density at radius 3 is 2.33 bits per heavy atom. The molecule has 7 nitrogen and oxygen atoms in total. The van der Waals surface area contributed by atoms with E-state index >= 15 is 0 Å². The largest absolute Gasteiger partial charge is 0.483 e. The first-order chi connectivity index (χ1) is 10.1. The van der Waals surface area contributed by atoms with Crippen molar-refractivity contribution in [3.63, 3.8) is 0 Å². The maximum atomic E-state index is 11.1. The highest BCUT2D eigenvalue weighted by Crippen LogP contribution is 2.66. The van der Waals surface area contributed by atoms with Gasteiger partial charge in [-0.15, -0.1) is 0 Å². The Labute approximate surface area is 120 Å². The predicted molar refractivity (Wildman–Crippen MR) is 72.0 cm³/mol. The molecule has 21 heavy (non-hydrogen) atoms. The summed E-state index contributed by atoms with van der Waals surface area (Å²) >= 11 is 0. The summed E-state index contributed by atoms with van der Waals surface area (Å²) in [4.78, 5) is 20.6. The highest BCUT2D eigenvalue weighted by atomic mass is 16.6. The van der Waals surface area contributed by atoms with Crippen molar-refractivity contribution < 1.29 is 14.6 Å². The van der Waals surface area contributed by atoms with Crippen LogP contribution in [0.4, 0.5) is 11.4 Å². The molecule has 0 aromatic heterocycles. The Balaban J connectivity index is 1.62. The normalized spacial score (nSPS) is 35.3. The quantitative estimate of drug-likeness (QED) is 0.627. The lowest BCUT2D eigenvalue weighted by Crippen LogP contribution is -2.35. The second kappa shape index (κ2) is 4.16. The van der Waals surface area contributed by atoms with Gasteiger partial charge in [-0.2, -0.15) is 0 Å². The fraction of sp³-hybridized carbons (Fsp3) is 0.571. The number of nitro benzene ring substituents is 2. The molecule has 0 saturated heterocycles. The minimum atomic E-state index is -0.634. The lowest BCUT2D eigenvalue weighted by Gasteiger charge is -2.36. The molecular formula is C14H14N2O5. The summed E-state index contributed by atoms with van der Waals surface area (Å²) in [6, 6.07) is 3.60. The molecule has 1 aromatic carbocycles. The van der Waals surface area contributed by atoms with E-state index in [4.69, 9.17) is 4.74 Å². The molecule has 0 aliphatic heterocycles. The molecule has 0 spiro atoms. The van der Waals surface area contributed by atoms with Gasteiger partial charge in [0, 0.05) is 6.07 Å². The first-order valence-corrected chi connectivity index (χ1v) is 7.16. The Bertz CT molecular complexity index is 646. The third kappa shape index (κ3) is 1.80. The minimum Gasteiger partial charge on any atom is -0.483 e. The first kappa shape index (κ1) is 12.6. The Hall–Kier alpha value is -2.18. The van der Waals surface area contributed by atoms with E-state index in [-0.39, 0.29) is 23.2 Å². The van der Waals surface area contributed by atoms with Gasteiger partial charge in [-0.3, -0.25) is 20.2 Å². The molecule has 0 amide bonds. The maximum Gasteiger partial charge on any atom is 0.317 e. The zero-order valence-corrected chi connectivity index (χ0v) is 11.2. The predicted octanol–water partition coefficient (Wildman–Crippen LogP) is 2.93. The number of benzene rings is 1. The molecule has 3 aliphatic rings. The van der Waals surface area contributed by atoms with Gasteiger partial charge in [-0.05, 0) is 49.0 Å². The number of non-ortho nitro benzene ring substituents is 1. The van der Waals surface area contributed by atoms with Crippen LogP contribution in [0.5, 0.6) is 5.75 Å². The molecule has 3 saturated carbocycles. The summed E-state index contributed by atoms with van der Waals surface area (Å²) in [5.74, 6) is 2.68. The molecule has 110 valence electrons. The number of rotatable bonds is 4. The van der Waals surface area contributed by atoms with Crippen molar-refractivity contribution in [1.82, 2.24) is 0 Å². The molecule has 1 aromatic rings. The van der Waals surface area contributed by atoms with E-state index in [1.54, 1.807) is 0 Å². The van der Waals surface area contributed by atoms with Gasteiger partial charge >= 0.3 is 5.69 Å². The van der Waals surface area contributed by atoms with Gasteiger partial charge in [-0.1, -0.05) is 0 Å². The number of ether oxygens (including phenoxy) is 1. The number of nitrogens with zero attached hydrogens (tertiary/aromatic N) is 2. The average Bonchev–Trinajstić information content (AvgIpc) is 3.12. The lowest BCUT2D eigenvalue weighted by atomic mass is 9.72. The van der Waals surface area contributed by atoms with Crippen molar-refractivity contribution in [2.45, 2.75) is 25.4 Å². The molecule has 3 aliphatic carbocycles. The summed E-state index contributed by atoms with van der Waals surface area (Å²) in [6.07, 6.45) is 3.58. The standard InChI is InChI=1S/C14H14N2O5/c17-15(18)7-1-4-13(12(5-7)16(19)20)21-14-9-3-2-8(9)10-6-11(10)14/h1,4-5,8-11,14H,2-3,6H2/t8-,9-,10+,11-,14-/m0/s1.